The van der Waals surface area contributed by atoms with Crippen molar-refractivity contribution in [3.05, 3.63) is 29.8 Å². The minimum absolute atomic E-state index is 0.0926. The lowest BCUT2D eigenvalue weighted by Gasteiger charge is -2.37. The zero-order chi connectivity index (χ0) is 15.0. The fourth-order valence-electron chi connectivity index (χ4n) is 3.46. The Labute approximate surface area is 126 Å². The highest BCUT2D eigenvalue weighted by Gasteiger charge is 2.35. The summed E-state index contributed by atoms with van der Waals surface area (Å²) in [7, 11) is 0. The topological polar surface area (TPSA) is 32.8 Å². The maximum absolute atomic E-state index is 13.0. The van der Waals surface area contributed by atoms with Crippen molar-refractivity contribution >= 4 is 11.6 Å². The van der Waals surface area contributed by atoms with E-state index in [1.165, 1.54) is 5.56 Å². The summed E-state index contributed by atoms with van der Waals surface area (Å²) in [5.74, 6) is 0.210. The maximum Gasteiger partial charge on any atom is 0.244 e. The van der Waals surface area contributed by atoms with E-state index in [9.17, 15) is 4.79 Å². The molecule has 0 spiro atoms. The molecule has 1 aromatic carbocycles. The van der Waals surface area contributed by atoms with Crippen LogP contribution in [-0.2, 0) is 16.0 Å². The van der Waals surface area contributed by atoms with Crippen molar-refractivity contribution in [2.24, 2.45) is 0 Å². The molecule has 114 valence electrons. The molecule has 1 aromatic rings. The number of fused-ring (bicyclic) bond motifs is 1. The number of benzene rings is 1. The Morgan fingerprint density at radius 3 is 2.86 bits per heavy atom. The fraction of sp³-hybridized carbons (Fsp3) is 0.588. The molecule has 0 N–H and O–H groups in total. The van der Waals surface area contributed by atoms with Crippen LogP contribution in [0.1, 0.15) is 26.3 Å². The quantitative estimate of drug-likeness (QED) is 0.835. The Kier molecular flexibility index (Phi) is 4.00. The largest absolute Gasteiger partial charge is 0.376 e. The highest BCUT2D eigenvalue weighted by Crippen LogP contribution is 2.32. The third-order valence-corrected chi connectivity index (χ3v) is 4.62. The molecule has 0 aromatic heterocycles. The number of hydrogen-bond donors (Lipinski definition) is 0. The first-order chi connectivity index (χ1) is 10.1. The van der Waals surface area contributed by atoms with E-state index in [0.29, 0.717) is 6.61 Å². The summed E-state index contributed by atoms with van der Waals surface area (Å²) in [6, 6.07) is 8.40. The Bertz CT molecular complexity index is 531. The molecule has 2 aliphatic rings. The second kappa shape index (κ2) is 5.78. The molecule has 0 radical (unpaired) electrons. The van der Waals surface area contributed by atoms with Crippen LogP contribution in [0.5, 0.6) is 0 Å². The predicted octanol–water partition coefficient (Wildman–Crippen LogP) is 2.07. The average Bonchev–Trinajstić information content (AvgIpc) is 2.81. The smallest absolute Gasteiger partial charge is 0.244 e. The zero-order valence-corrected chi connectivity index (χ0v) is 13.1. The number of morpholine rings is 1. The Balaban J connectivity index is 1.78. The van der Waals surface area contributed by atoms with Crippen molar-refractivity contribution in [3.63, 3.8) is 0 Å². The van der Waals surface area contributed by atoms with Gasteiger partial charge in [-0.1, -0.05) is 18.2 Å². The molecule has 0 unspecified atom stereocenters. The summed E-state index contributed by atoms with van der Waals surface area (Å²) in [6.07, 6.45) is 1.16. The van der Waals surface area contributed by atoms with E-state index >= 15 is 0 Å². The van der Waals surface area contributed by atoms with Crippen molar-refractivity contribution in [1.82, 2.24) is 4.90 Å². The molecule has 1 saturated heterocycles. The van der Waals surface area contributed by atoms with Gasteiger partial charge in [0, 0.05) is 24.8 Å². The second-order valence-electron chi connectivity index (χ2n) is 6.24. The number of carbonyl (C=O) groups excluding carboxylic acids is 1. The molecule has 4 heteroatoms. The number of carbonyl (C=O) groups is 1. The Morgan fingerprint density at radius 2 is 2.10 bits per heavy atom. The van der Waals surface area contributed by atoms with E-state index in [-0.39, 0.29) is 24.1 Å². The predicted molar refractivity (Wildman–Crippen MR) is 83.5 cm³/mol. The van der Waals surface area contributed by atoms with Gasteiger partial charge in [-0.3, -0.25) is 9.69 Å². The summed E-state index contributed by atoms with van der Waals surface area (Å²) in [6.45, 7) is 8.60. The van der Waals surface area contributed by atoms with Gasteiger partial charge in [0.25, 0.3) is 0 Å². The fourth-order valence-corrected chi connectivity index (χ4v) is 3.46. The monoisotopic (exact) mass is 288 g/mol. The van der Waals surface area contributed by atoms with Crippen LogP contribution in [0, 0.1) is 0 Å². The summed E-state index contributed by atoms with van der Waals surface area (Å²) < 4.78 is 5.57. The van der Waals surface area contributed by atoms with E-state index in [1.807, 2.05) is 24.0 Å². The first-order valence-corrected chi connectivity index (χ1v) is 7.84. The van der Waals surface area contributed by atoms with Crippen LogP contribution in [-0.4, -0.2) is 48.7 Å². The van der Waals surface area contributed by atoms with Crippen LogP contribution in [0.15, 0.2) is 24.3 Å². The summed E-state index contributed by atoms with van der Waals surface area (Å²) in [5.41, 5.74) is 2.36. The molecule has 3 rings (SSSR count). The van der Waals surface area contributed by atoms with Crippen molar-refractivity contribution < 1.29 is 9.53 Å². The van der Waals surface area contributed by atoms with E-state index in [4.69, 9.17) is 4.74 Å². The van der Waals surface area contributed by atoms with Gasteiger partial charge in [-0.25, -0.2) is 0 Å². The number of ether oxygens (including phenoxy) is 1. The van der Waals surface area contributed by atoms with Gasteiger partial charge in [-0.2, -0.15) is 0 Å². The summed E-state index contributed by atoms with van der Waals surface area (Å²) >= 11 is 0. The van der Waals surface area contributed by atoms with Crippen LogP contribution >= 0.6 is 0 Å². The lowest BCUT2D eigenvalue weighted by atomic mass is 10.1. The summed E-state index contributed by atoms with van der Waals surface area (Å²) in [5, 5.41) is 0. The number of amides is 1. The molecule has 2 aliphatic heterocycles. The molecule has 4 nitrogen and oxygen atoms in total. The molecule has 21 heavy (non-hydrogen) atoms. The molecule has 0 bridgehead atoms. The van der Waals surface area contributed by atoms with Gasteiger partial charge >= 0.3 is 0 Å². The number of nitrogens with zero attached hydrogens (tertiary/aromatic N) is 2. The molecule has 3 atom stereocenters. The van der Waals surface area contributed by atoms with E-state index in [1.54, 1.807) is 0 Å². The highest BCUT2D eigenvalue weighted by atomic mass is 16.5. The maximum atomic E-state index is 13.0. The second-order valence-corrected chi connectivity index (χ2v) is 6.24. The van der Waals surface area contributed by atoms with Gasteiger partial charge in [0.05, 0.1) is 18.8 Å². The number of anilines is 1. The molecule has 1 fully saturated rings. The van der Waals surface area contributed by atoms with Crippen molar-refractivity contribution in [2.45, 2.75) is 45.4 Å². The minimum Gasteiger partial charge on any atom is -0.376 e. The van der Waals surface area contributed by atoms with Crippen molar-refractivity contribution in [1.29, 1.82) is 0 Å². The molecular formula is C17H24N2O2. The van der Waals surface area contributed by atoms with E-state index < -0.39 is 0 Å². The van der Waals surface area contributed by atoms with Gasteiger partial charge in [-0.15, -0.1) is 0 Å². The molecular weight excluding hydrogens is 264 g/mol. The van der Waals surface area contributed by atoms with Crippen molar-refractivity contribution in [3.8, 4) is 0 Å². The minimum atomic E-state index is -0.0926. The lowest BCUT2D eigenvalue weighted by Crippen LogP contribution is -2.53. The van der Waals surface area contributed by atoms with Gasteiger partial charge < -0.3 is 9.64 Å². The SMILES string of the molecule is C[C@H](C(=O)N1c2ccccc2C[C@H]1C)N1CCO[C@@H](C)C1. The third kappa shape index (κ3) is 2.70. The van der Waals surface area contributed by atoms with Crippen LogP contribution in [0.4, 0.5) is 5.69 Å². The normalized spacial score (nSPS) is 27.5. The number of para-hydroxylation sites is 1. The van der Waals surface area contributed by atoms with Crippen LogP contribution in [0.3, 0.4) is 0 Å². The molecule has 2 heterocycles. The van der Waals surface area contributed by atoms with Crippen LogP contribution in [0.25, 0.3) is 0 Å². The van der Waals surface area contributed by atoms with Gasteiger partial charge in [0.15, 0.2) is 0 Å². The molecule has 1 amide bonds. The zero-order valence-electron chi connectivity index (χ0n) is 13.1. The Hall–Kier alpha value is -1.39. The van der Waals surface area contributed by atoms with Gasteiger partial charge in [-0.05, 0) is 38.8 Å². The average molecular weight is 288 g/mol. The number of rotatable bonds is 2. The van der Waals surface area contributed by atoms with Crippen molar-refractivity contribution in [2.75, 3.05) is 24.6 Å². The lowest BCUT2D eigenvalue weighted by molar-refractivity contribution is -0.126. The standard InChI is InChI=1S/C17H24N2O2/c1-12-10-15-6-4-5-7-16(15)19(12)17(20)14(3)18-8-9-21-13(2)11-18/h4-7,12-14H,8-11H2,1-3H3/t12-,13+,14-/m1/s1. The summed E-state index contributed by atoms with van der Waals surface area (Å²) in [4.78, 5) is 17.2. The van der Waals surface area contributed by atoms with E-state index in [0.717, 1.165) is 25.2 Å². The van der Waals surface area contributed by atoms with Gasteiger partial charge in [0.1, 0.15) is 0 Å². The van der Waals surface area contributed by atoms with Crippen LogP contribution < -0.4 is 4.90 Å². The van der Waals surface area contributed by atoms with Gasteiger partial charge in [0.2, 0.25) is 5.91 Å². The Morgan fingerprint density at radius 1 is 1.33 bits per heavy atom. The molecule has 0 saturated carbocycles. The highest BCUT2D eigenvalue weighted by molar-refractivity contribution is 5.99. The third-order valence-electron chi connectivity index (χ3n) is 4.62. The first-order valence-electron chi connectivity index (χ1n) is 7.84. The van der Waals surface area contributed by atoms with Crippen LogP contribution in [0.2, 0.25) is 0 Å². The number of hydrogen-bond acceptors (Lipinski definition) is 3. The first kappa shape index (κ1) is 14.5. The molecule has 0 aliphatic carbocycles. The van der Waals surface area contributed by atoms with E-state index in [2.05, 4.69) is 30.9 Å².